The number of aromatic amines is 1. The van der Waals surface area contributed by atoms with E-state index < -0.39 is 6.67 Å². The molecule has 0 spiro atoms. The van der Waals surface area contributed by atoms with Crippen molar-refractivity contribution in [3.8, 4) is 0 Å². The van der Waals surface area contributed by atoms with Gasteiger partial charge in [0.25, 0.3) is 11.3 Å². The Morgan fingerprint density at radius 2 is 2.27 bits per heavy atom. The molecule has 0 saturated heterocycles. The lowest BCUT2D eigenvalue weighted by Crippen LogP contribution is -2.16. The Bertz CT molecular complexity index is 543. The molecule has 2 heterocycles. The Labute approximate surface area is 85.0 Å². The summed E-state index contributed by atoms with van der Waals surface area (Å²) < 4.78 is 13.5. The first-order valence-corrected chi connectivity index (χ1v) is 4.66. The molecule has 80 valence electrons. The molecular weight excluding hydrogens is 199 g/mol. The summed E-state index contributed by atoms with van der Waals surface area (Å²) in [6.45, 7) is 3.13. The zero-order valence-electron chi connectivity index (χ0n) is 8.49. The van der Waals surface area contributed by atoms with Crippen molar-refractivity contribution in [2.24, 2.45) is 0 Å². The van der Waals surface area contributed by atoms with Gasteiger partial charge in [-0.1, -0.05) is 13.8 Å². The molecule has 6 heteroatoms. The molecule has 0 aliphatic heterocycles. The zero-order valence-corrected chi connectivity index (χ0v) is 8.49. The molecule has 0 bridgehead atoms. The fourth-order valence-electron chi connectivity index (χ4n) is 1.30. The van der Waals surface area contributed by atoms with Crippen LogP contribution in [0.15, 0.2) is 10.9 Å². The van der Waals surface area contributed by atoms with Gasteiger partial charge in [0.1, 0.15) is 6.67 Å². The van der Waals surface area contributed by atoms with Crippen LogP contribution in [-0.4, -0.2) is 19.6 Å². The van der Waals surface area contributed by atoms with E-state index in [2.05, 4.69) is 15.1 Å². The summed E-state index contributed by atoms with van der Waals surface area (Å²) >= 11 is 0. The van der Waals surface area contributed by atoms with Gasteiger partial charge in [-0.25, -0.2) is 9.37 Å². The van der Waals surface area contributed by atoms with Crippen molar-refractivity contribution >= 4 is 5.78 Å². The summed E-state index contributed by atoms with van der Waals surface area (Å²) in [5.41, 5.74) is 0.396. The predicted octanol–water partition coefficient (Wildman–Crippen LogP) is 1.01. The lowest BCUT2D eigenvalue weighted by atomic mass is 10.1. The summed E-state index contributed by atoms with van der Waals surface area (Å²) in [7, 11) is 0. The second-order valence-electron chi connectivity index (χ2n) is 3.61. The van der Waals surface area contributed by atoms with E-state index in [1.165, 1.54) is 6.07 Å². The Morgan fingerprint density at radius 1 is 1.53 bits per heavy atom. The van der Waals surface area contributed by atoms with Crippen molar-refractivity contribution in [1.82, 2.24) is 19.6 Å². The molecule has 0 aromatic carbocycles. The topological polar surface area (TPSA) is 63.0 Å². The number of H-pyrrole nitrogens is 1. The highest BCUT2D eigenvalue weighted by atomic mass is 19.1. The molecule has 0 atom stereocenters. The maximum absolute atomic E-state index is 12.3. The summed E-state index contributed by atoms with van der Waals surface area (Å²) in [5, 5.41) is 2.54. The summed E-state index contributed by atoms with van der Waals surface area (Å²) in [6.07, 6.45) is 0. The first kappa shape index (κ1) is 9.82. The first-order valence-electron chi connectivity index (χ1n) is 4.66. The predicted molar refractivity (Wildman–Crippen MR) is 52.5 cm³/mol. The van der Waals surface area contributed by atoms with Crippen LogP contribution in [0.2, 0.25) is 0 Å². The largest absolute Gasteiger partial charge is 0.274 e. The van der Waals surface area contributed by atoms with Crippen LogP contribution in [-0.2, 0) is 6.67 Å². The van der Waals surface area contributed by atoms with Gasteiger partial charge in [-0.05, 0) is 5.92 Å². The average molecular weight is 210 g/mol. The van der Waals surface area contributed by atoms with Gasteiger partial charge in [0, 0.05) is 6.07 Å². The lowest BCUT2D eigenvalue weighted by Gasteiger charge is -2.01. The molecule has 0 aliphatic carbocycles. The van der Waals surface area contributed by atoms with Gasteiger partial charge in [0.05, 0.1) is 5.69 Å². The third-order valence-electron chi connectivity index (χ3n) is 2.11. The molecule has 2 rings (SSSR count). The number of halogens is 1. The quantitative estimate of drug-likeness (QED) is 0.804. The summed E-state index contributed by atoms with van der Waals surface area (Å²) in [4.78, 5) is 19.6. The van der Waals surface area contributed by atoms with E-state index in [-0.39, 0.29) is 23.1 Å². The van der Waals surface area contributed by atoms with Crippen LogP contribution in [0.25, 0.3) is 5.78 Å². The molecular formula is C9H11FN4O. The molecule has 0 fully saturated rings. The van der Waals surface area contributed by atoms with Gasteiger partial charge in [-0.3, -0.25) is 9.89 Å². The van der Waals surface area contributed by atoms with Crippen LogP contribution in [0.3, 0.4) is 0 Å². The van der Waals surface area contributed by atoms with Crippen molar-refractivity contribution < 1.29 is 4.39 Å². The average Bonchev–Trinajstić information content (AvgIpc) is 2.61. The molecule has 1 N–H and O–H groups in total. The van der Waals surface area contributed by atoms with Gasteiger partial charge in [0.2, 0.25) is 0 Å². The van der Waals surface area contributed by atoms with E-state index in [4.69, 9.17) is 0 Å². The van der Waals surface area contributed by atoms with Crippen molar-refractivity contribution in [2.75, 3.05) is 0 Å². The molecule has 0 amide bonds. The Kier molecular flexibility index (Phi) is 2.26. The zero-order chi connectivity index (χ0) is 11.0. The summed E-state index contributed by atoms with van der Waals surface area (Å²) in [6, 6.07) is 1.43. The van der Waals surface area contributed by atoms with Crippen LogP contribution in [0, 0.1) is 0 Å². The van der Waals surface area contributed by atoms with Gasteiger partial charge >= 0.3 is 0 Å². The van der Waals surface area contributed by atoms with Crippen molar-refractivity contribution in [2.45, 2.75) is 26.4 Å². The molecule has 2 aromatic rings. The van der Waals surface area contributed by atoms with E-state index in [9.17, 15) is 9.18 Å². The minimum atomic E-state index is -0.736. The highest BCUT2D eigenvalue weighted by Gasteiger charge is 2.09. The maximum atomic E-state index is 12.3. The van der Waals surface area contributed by atoms with Gasteiger partial charge in [-0.15, -0.1) is 0 Å². The highest BCUT2D eigenvalue weighted by molar-refractivity contribution is 5.28. The number of hydrogen-bond acceptors (Lipinski definition) is 3. The van der Waals surface area contributed by atoms with E-state index >= 15 is 0 Å². The number of alkyl halides is 1. The monoisotopic (exact) mass is 210 g/mol. The molecule has 0 aliphatic rings. The molecule has 0 unspecified atom stereocenters. The second-order valence-corrected chi connectivity index (χ2v) is 3.61. The third-order valence-corrected chi connectivity index (χ3v) is 2.11. The van der Waals surface area contributed by atoms with Crippen molar-refractivity contribution in [3.63, 3.8) is 0 Å². The Morgan fingerprint density at radius 3 is 2.87 bits per heavy atom. The van der Waals surface area contributed by atoms with E-state index in [0.29, 0.717) is 5.69 Å². The van der Waals surface area contributed by atoms with Gasteiger partial charge in [0.15, 0.2) is 5.82 Å². The SMILES string of the molecule is CC(C)c1cc(=O)n2[nH]c(CF)nc2n1. The van der Waals surface area contributed by atoms with Gasteiger partial charge < -0.3 is 0 Å². The molecule has 2 aromatic heterocycles. The Balaban J connectivity index is 2.70. The van der Waals surface area contributed by atoms with Crippen molar-refractivity contribution in [3.05, 3.63) is 27.9 Å². The third kappa shape index (κ3) is 1.62. The smallest absolute Gasteiger partial charge is 0.273 e. The molecule has 0 radical (unpaired) electrons. The van der Waals surface area contributed by atoms with Crippen LogP contribution in [0.1, 0.15) is 31.3 Å². The van der Waals surface area contributed by atoms with E-state index in [0.717, 1.165) is 4.52 Å². The van der Waals surface area contributed by atoms with Gasteiger partial charge in [-0.2, -0.15) is 9.50 Å². The van der Waals surface area contributed by atoms with Crippen LogP contribution in [0.5, 0.6) is 0 Å². The molecule has 0 saturated carbocycles. The maximum Gasteiger partial charge on any atom is 0.274 e. The van der Waals surface area contributed by atoms with E-state index in [1.54, 1.807) is 0 Å². The fraction of sp³-hybridized carbons (Fsp3) is 0.444. The number of fused-ring (bicyclic) bond motifs is 1. The minimum absolute atomic E-state index is 0.112. The Hall–Kier alpha value is -1.72. The van der Waals surface area contributed by atoms with Crippen molar-refractivity contribution in [1.29, 1.82) is 0 Å². The van der Waals surface area contributed by atoms with E-state index in [1.807, 2.05) is 13.8 Å². The number of nitrogens with zero attached hydrogens (tertiary/aromatic N) is 3. The van der Waals surface area contributed by atoms with Crippen LogP contribution >= 0.6 is 0 Å². The number of hydrogen-bond donors (Lipinski definition) is 1. The fourth-order valence-corrected chi connectivity index (χ4v) is 1.30. The standard InChI is InChI=1S/C9H11FN4O/c1-5(2)6-3-8(15)14-9(11-6)12-7(4-10)13-14/h3,5H,4H2,1-2H3,(H,11,12,13). The number of rotatable bonds is 2. The highest BCUT2D eigenvalue weighted by Crippen LogP contribution is 2.09. The van der Waals surface area contributed by atoms with Crippen LogP contribution in [0.4, 0.5) is 4.39 Å². The van der Waals surface area contributed by atoms with Crippen LogP contribution < -0.4 is 5.56 Å². The minimum Gasteiger partial charge on any atom is -0.273 e. The second kappa shape index (κ2) is 3.45. The number of nitrogens with one attached hydrogen (secondary N) is 1. The first-order chi connectivity index (χ1) is 7.11. The normalized spacial score (nSPS) is 11.5. The lowest BCUT2D eigenvalue weighted by molar-refractivity contribution is 0.465. The molecule has 15 heavy (non-hydrogen) atoms. The molecule has 5 nitrogen and oxygen atoms in total. The summed E-state index contributed by atoms with van der Waals surface area (Å²) in [5.74, 6) is 0.479. The number of aromatic nitrogens is 4.